The minimum atomic E-state index is -0.0980. The van der Waals surface area contributed by atoms with Crippen LogP contribution in [0.2, 0.25) is 0 Å². The topological polar surface area (TPSA) is 71.3 Å². The van der Waals surface area contributed by atoms with Crippen LogP contribution in [0.25, 0.3) is 0 Å². The molecule has 110 valence electrons. The second-order valence-corrected chi connectivity index (χ2v) is 4.31. The fourth-order valence-corrected chi connectivity index (χ4v) is 1.91. The van der Waals surface area contributed by atoms with E-state index in [9.17, 15) is 10.2 Å². The van der Waals surface area contributed by atoms with Gasteiger partial charge in [0.2, 0.25) is 0 Å². The van der Waals surface area contributed by atoms with Gasteiger partial charge in [0.05, 0.1) is 32.1 Å². The molecule has 0 fully saturated rings. The zero-order valence-electron chi connectivity index (χ0n) is 11.9. The number of benzene rings is 2. The van der Waals surface area contributed by atoms with Crippen LogP contribution in [0.15, 0.2) is 41.4 Å². The third-order valence-electron chi connectivity index (χ3n) is 3.04. The van der Waals surface area contributed by atoms with Crippen molar-refractivity contribution in [3.63, 3.8) is 0 Å². The van der Waals surface area contributed by atoms with Gasteiger partial charge in [-0.2, -0.15) is 0 Å². The molecule has 0 atom stereocenters. The van der Waals surface area contributed by atoms with Crippen LogP contribution in [0.4, 0.5) is 5.69 Å². The Hall–Kier alpha value is -2.53. The molecule has 0 saturated carbocycles. The molecule has 0 amide bonds. The molecule has 0 aliphatic heterocycles. The second-order valence-electron chi connectivity index (χ2n) is 4.31. The molecule has 2 aromatic rings. The molecule has 0 heterocycles. The van der Waals surface area contributed by atoms with E-state index in [1.54, 1.807) is 18.2 Å². The standard InChI is InChI=1S/C16H17NO4/c1-20-12-7-15(19)13(16(8-12)21-2)9-17-14-6-4-3-5-11(14)10-18/h3-9,18-19H,10H2,1-2H3. The van der Waals surface area contributed by atoms with Gasteiger partial charge >= 0.3 is 0 Å². The highest BCUT2D eigenvalue weighted by atomic mass is 16.5. The fraction of sp³-hybridized carbons (Fsp3) is 0.188. The first-order chi connectivity index (χ1) is 10.2. The Morgan fingerprint density at radius 1 is 1.14 bits per heavy atom. The van der Waals surface area contributed by atoms with Crippen LogP contribution < -0.4 is 9.47 Å². The van der Waals surface area contributed by atoms with E-state index in [0.29, 0.717) is 28.3 Å². The van der Waals surface area contributed by atoms with Gasteiger partial charge in [-0.05, 0) is 6.07 Å². The number of methoxy groups -OCH3 is 2. The number of nitrogens with zero attached hydrogens (tertiary/aromatic N) is 1. The summed E-state index contributed by atoms with van der Waals surface area (Å²) < 4.78 is 10.3. The number of phenolic OH excluding ortho intramolecular Hbond substituents is 1. The molecule has 2 rings (SSSR count). The van der Waals surface area contributed by atoms with E-state index in [1.165, 1.54) is 26.5 Å². The monoisotopic (exact) mass is 287 g/mol. The Morgan fingerprint density at radius 2 is 1.90 bits per heavy atom. The predicted octanol–water partition coefficient (Wildman–Crippen LogP) is 2.65. The summed E-state index contributed by atoms with van der Waals surface area (Å²) in [5.74, 6) is 0.964. The van der Waals surface area contributed by atoms with Gasteiger partial charge in [0.15, 0.2) is 0 Å². The number of aliphatic hydroxyl groups excluding tert-OH is 1. The van der Waals surface area contributed by atoms with Crippen LogP contribution in [-0.4, -0.2) is 30.6 Å². The molecule has 0 saturated heterocycles. The maximum atomic E-state index is 10.0. The highest BCUT2D eigenvalue weighted by Crippen LogP contribution is 2.32. The van der Waals surface area contributed by atoms with Gasteiger partial charge in [0.1, 0.15) is 17.2 Å². The minimum Gasteiger partial charge on any atom is -0.507 e. The number of aliphatic imine (C=N–C) groups is 1. The first-order valence-corrected chi connectivity index (χ1v) is 6.37. The van der Waals surface area contributed by atoms with Crippen LogP contribution in [0.5, 0.6) is 17.2 Å². The Morgan fingerprint density at radius 3 is 2.57 bits per heavy atom. The summed E-state index contributed by atoms with van der Waals surface area (Å²) >= 11 is 0. The molecular formula is C16H17NO4. The van der Waals surface area contributed by atoms with Gasteiger partial charge in [-0.1, -0.05) is 18.2 Å². The van der Waals surface area contributed by atoms with Crippen molar-refractivity contribution in [2.45, 2.75) is 6.61 Å². The maximum absolute atomic E-state index is 10.0. The Bertz CT molecular complexity index is 653. The van der Waals surface area contributed by atoms with Crippen molar-refractivity contribution in [2.24, 2.45) is 4.99 Å². The summed E-state index contributed by atoms with van der Waals surface area (Å²) in [5.41, 5.74) is 1.80. The van der Waals surface area contributed by atoms with Crippen molar-refractivity contribution in [2.75, 3.05) is 14.2 Å². The van der Waals surface area contributed by atoms with Gasteiger partial charge in [0, 0.05) is 23.9 Å². The SMILES string of the molecule is COc1cc(O)c(C=Nc2ccccc2CO)c(OC)c1. The largest absolute Gasteiger partial charge is 0.507 e. The van der Waals surface area contributed by atoms with Gasteiger partial charge in [0.25, 0.3) is 0 Å². The van der Waals surface area contributed by atoms with Crippen molar-refractivity contribution in [3.8, 4) is 17.2 Å². The number of hydrogen-bond acceptors (Lipinski definition) is 5. The molecule has 0 aliphatic rings. The summed E-state index contributed by atoms with van der Waals surface area (Å²) in [5, 5.41) is 19.3. The van der Waals surface area contributed by atoms with E-state index >= 15 is 0 Å². The van der Waals surface area contributed by atoms with E-state index < -0.39 is 0 Å². The predicted molar refractivity (Wildman–Crippen MR) is 80.8 cm³/mol. The quantitative estimate of drug-likeness (QED) is 0.829. The highest BCUT2D eigenvalue weighted by molar-refractivity contribution is 5.89. The summed E-state index contributed by atoms with van der Waals surface area (Å²) in [7, 11) is 3.02. The Kier molecular flexibility index (Phi) is 4.79. The number of aromatic hydroxyl groups is 1. The van der Waals surface area contributed by atoms with E-state index in [0.717, 1.165) is 0 Å². The summed E-state index contributed by atoms with van der Waals surface area (Å²) in [4.78, 5) is 4.31. The van der Waals surface area contributed by atoms with Crippen molar-refractivity contribution >= 4 is 11.9 Å². The second kappa shape index (κ2) is 6.76. The number of phenols is 1. The number of ether oxygens (including phenoxy) is 2. The summed E-state index contributed by atoms with van der Waals surface area (Å²) in [6.07, 6.45) is 1.50. The van der Waals surface area contributed by atoms with E-state index in [4.69, 9.17) is 9.47 Å². The first kappa shape index (κ1) is 14.9. The number of aliphatic hydroxyl groups is 1. The van der Waals surface area contributed by atoms with Crippen LogP contribution in [0, 0.1) is 0 Å². The van der Waals surface area contributed by atoms with E-state index in [-0.39, 0.29) is 12.4 Å². The van der Waals surface area contributed by atoms with Crippen LogP contribution in [0.1, 0.15) is 11.1 Å². The smallest absolute Gasteiger partial charge is 0.135 e. The lowest BCUT2D eigenvalue weighted by atomic mass is 10.1. The average Bonchev–Trinajstić information content (AvgIpc) is 2.53. The summed E-state index contributed by atoms with van der Waals surface area (Å²) in [6, 6.07) is 10.4. The van der Waals surface area contributed by atoms with Crippen LogP contribution >= 0.6 is 0 Å². The fourth-order valence-electron chi connectivity index (χ4n) is 1.91. The van der Waals surface area contributed by atoms with Crippen molar-refractivity contribution in [1.29, 1.82) is 0 Å². The third kappa shape index (κ3) is 3.32. The Labute approximate surface area is 123 Å². The lowest BCUT2D eigenvalue weighted by molar-refractivity contribution is 0.282. The molecule has 0 aromatic heterocycles. The molecule has 0 unspecified atom stereocenters. The lowest BCUT2D eigenvalue weighted by Gasteiger charge is -2.09. The van der Waals surface area contributed by atoms with Crippen LogP contribution in [-0.2, 0) is 6.61 Å². The molecule has 0 bridgehead atoms. The number of para-hydroxylation sites is 1. The first-order valence-electron chi connectivity index (χ1n) is 6.37. The molecule has 2 aromatic carbocycles. The highest BCUT2D eigenvalue weighted by Gasteiger charge is 2.10. The summed E-state index contributed by atoms with van der Waals surface area (Å²) in [6.45, 7) is -0.0980. The molecular weight excluding hydrogens is 270 g/mol. The molecule has 21 heavy (non-hydrogen) atoms. The molecule has 5 nitrogen and oxygen atoms in total. The molecule has 0 spiro atoms. The molecule has 0 aliphatic carbocycles. The number of hydrogen-bond donors (Lipinski definition) is 2. The molecule has 2 N–H and O–H groups in total. The van der Waals surface area contributed by atoms with Gasteiger partial charge < -0.3 is 19.7 Å². The zero-order valence-corrected chi connectivity index (χ0v) is 11.9. The normalized spacial score (nSPS) is 10.8. The van der Waals surface area contributed by atoms with Crippen molar-refractivity contribution in [1.82, 2.24) is 0 Å². The average molecular weight is 287 g/mol. The lowest BCUT2D eigenvalue weighted by Crippen LogP contribution is -1.94. The minimum absolute atomic E-state index is 0.0106. The maximum Gasteiger partial charge on any atom is 0.135 e. The van der Waals surface area contributed by atoms with Gasteiger partial charge in [-0.15, -0.1) is 0 Å². The Balaban J connectivity index is 2.41. The van der Waals surface area contributed by atoms with Crippen molar-refractivity contribution in [3.05, 3.63) is 47.5 Å². The van der Waals surface area contributed by atoms with Gasteiger partial charge in [-0.25, -0.2) is 0 Å². The van der Waals surface area contributed by atoms with E-state index in [1.807, 2.05) is 12.1 Å². The van der Waals surface area contributed by atoms with Gasteiger partial charge in [-0.3, -0.25) is 4.99 Å². The molecule has 5 heteroatoms. The molecule has 0 radical (unpaired) electrons. The zero-order chi connectivity index (χ0) is 15.2. The number of rotatable bonds is 5. The van der Waals surface area contributed by atoms with E-state index in [2.05, 4.69) is 4.99 Å². The van der Waals surface area contributed by atoms with Crippen molar-refractivity contribution < 1.29 is 19.7 Å². The van der Waals surface area contributed by atoms with Crippen LogP contribution in [0.3, 0.4) is 0 Å². The third-order valence-corrected chi connectivity index (χ3v) is 3.04.